The van der Waals surface area contributed by atoms with Gasteiger partial charge in [0.2, 0.25) is 17.7 Å². The molecule has 0 bridgehead atoms. The number of nitrogens with one attached hydrogen (secondary N) is 1. The van der Waals surface area contributed by atoms with Gasteiger partial charge in [-0.3, -0.25) is 9.59 Å². The molecule has 1 atom stereocenters. The van der Waals surface area contributed by atoms with Gasteiger partial charge in [0.1, 0.15) is 12.2 Å². The van der Waals surface area contributed by atoms with E-state index in [4.69, 9.17) is 0 Å². The summed E-state index contributed by atoms with van der Waals surface area (Å²) in [6.45, 7) is 4.40. The lowest BCUT2D eigenvalue weighted by Gasteiger charge is -2.37. The van der Waals surface area contributed by atoms with Crippen molar-refractivity contribution < 1.29 is 18.4 Å². The standard InChI is InChI=1S/C15H21F2N5O2/c1-9(2)20-13(23)11-5-21(7-12-18-8-19-22(12)6-11)14(24)10-3-15(16,17)4-10/h8-11H,3-7H2,1-2H3,(H,20,23). The maximum absolute atomic E-state index is 13.1. The molecule has 7 nitrogen and oxygen atoms in total. The third-order valence-corrected chi connectivity index (χ3v) is 4.41. The van der Waals surface area contributed by atoms with E-state index in [1.165, 1.54) is 11.2 Å². The third-order valence-electron chi connectivity index (χ3n) is 4.41. The van der Waals surface area contributed by atoms with Gasteiger partial charge in [-0.05, 0) is 13.8 Å². The molecule has 1 N–H and O–H groups in total. The van der Waals surface area contributed by atoms with Crippen LogP contribution >= 0.6 is 0 Å². The molecule has 0 spiro atoms. The first-order valence-corrected chi connectivity index (χ1v) is 8.09. The average Bonchev–Trinajstić information content (AvgIpc) is 2.80. The molecule has 1 unspecified atom stereocenters. The summed E-state index contributed by atoms with van der Waals surface area (Å²) in [5, 5.41) is 6.93. The first kappa shape index (κ1) is 16.8. The number of rotatable bonds is 3. The van der Waals surface area contributed by atoms with Crippen molar-refractivity contribution in [2.24, 2.45) is 11.8 Å². The van der Waals surface area contributed by atoms with Gasteiger partial charge < -0.3 is 10.2 Å². The highest BCUT2D eigenvalue weighted by Gasteiger charge is 2.50. The molecule has 1 aromatic heterocycles. The van der Waals surface area contributed by atoms with Gasteiger partial charge in [0.15, 0.2) is 0 Å². The zero-order valence-electron chi connectivity index (χ0n) is 13.7. The summed E-state index contributed by atoms with van der Waals surface area (Å²) >= 11 is 0. The monoisotopic (exact) mass is 341 g/mol. The number of fused-ring (bicyclic) bond motifs is 1. The Kier molecular flexibility index (Phi) is 4.27. The number of halogens is 2. The fourth-order valence-corrected chi connectivity index (χ4v) is 3.16. The molecule has 2 aliphatic rings. The van der Waals surface area contributed by atoms with Crippen LogP contribution in [0.25, 0.3) is 0 Å². The predicted molar refractivity (Wildman–Crippen MR) is 79.9 cm³/mol. The van der Waals surface area contributed by atoms with Crippen LogP contribution in [-0.2, 0) is 22.7 Å². The fraction of sp³-hybridized carbons (Fsp3) is 0.733. The molecule has 0 saturated heterocycles. The van der Waals surface area contributed by atoms with Crippen molar-refractivity contribution in [1.82, 2.24) is 25.0 Å². The zero-order valence-corrected chi connectivity index (χ0v) is 13.7. The van der Waals surface area contributed by atoms with Crippen molar-refractivity contribution in [3.05, 3.63) is 12.2 Å². The van der Waals surface area contributed by atoms with Crippen LogP contribution in [0.5, 0.6) is 0 Å². The van der Waals surface area contributed by atoms with Crippen LogP contribution in [0.3, 0.4) is 0 Å². The second-order valence-electron chi connectivity index (χ2n) is 6.90. The van der Waals surface area contributed by atoms with Gasteiger partial charge in [0.05, 0.1) is 19.0 Å². The number of alkyl halides is 2. The topological polar surface area (TPSA) is 80.1 Å². The van der Waals surface area contributed by atoms with E-state index in [-0.39, 0.29) is 30.9 Å². The molecule has 1 fully saturated rings. The minimum Gasteiger partial charge on any atom is -0.354 e. The molecule has 9 heteroatoms. The Morgan fingerprint density at radius 2 is 2.00 bits per heavy atom. The van der Waals surface area contributed by atoms with E-state index in [2.05, 4.69) is 15.4 Å². The van der Waals surface area contributed by atoms with Crippen molar-refractivity contribution in [3.8, 4) is 0 Å². The molecule has 2 amide bonds. The molecular formula is C15H21F2N5O2. The number of amides is 2. The van der Waals surface area contributed by atoms with Crippen molar-refractivity contribution in [2.75, 3.05) is 6.54 Å². The minimum atomic E-state index is -2.75. The lowest BCUT2D eigenvalue weighted by Crippen LogP contribution is -2.49. The van der Waals surface area contributed by atoms with Gasteiger partial charge in [-0.1, -0.05) is 0 Å². The number of hydrogen-bond acceptors (Lipinski definition) is 4. The largest absolute Gasteiger partial charge is 0.354 e. The summed E-state index contributed by atoms with van der Waals surface area (Å²) < 4.78 is 27.7. The van der Waals surface area contributed by atoms with Gasteiger partial charge in [-0.15, -0.1) is 0 Å². The zero-order chi connectivity index (χ0) is 17.5. The predicted octanol–water partition coefficient (Wildman–Crippen LogP) is 0.806. The van der Waals surface area contributed by atoms with Gasteiger partial charge in [-0.2, -0.15) is 5.10 Å². The Morgan fingerprint density at radius 3 is 2.62 bits per heavy atom. The van der Waals surface area contributed by atoms with Crippen molar-refractivity contribution in [3.63, 3.8) is 0 Å². The highest BCUT2D eigenvalue weighted by Crippen LogP contribution is 2.43. The van der Waals surface area contributed by atoms with Crippen molar-refractivity contribution >= 4 is 11.8 Å². The molecule has 3 rings (SSSR count). The summed E-state index contributed by atoms with van der Waals surface area (Å²) in [6.07, 6.45) is 0.536. The van der Waals surface area contributed by atoms with Crippen LogP contribution in [0, 0.1) is 11.8 Å². The Hall–Kier alpha value is -2.06. The molecule has 24 heavy (non-hydrogen) atoms. The van der Waals surface area contributed by atoms with E-state index in [0.717, 1.165) is 0 Å². The Bertz CT molecular complexity index is 638. The van der Waals surface area contributed by atoms with Crippen molar-refractivity contribution in [2.45, 2.75) is 51.7 Å². The van der Waals surface area contributed by atoms with Crippen LogP contribution in [0.1, 0.15) is 32.5 Å². The molecule has 0 radical (unpaired) electrons. The molecule has 1 saturated carbocycles. The van der Waals surface area contributed by atoms with Crippen LogP contribution < -0.4 is 5.32 Å². The van der Waals surface area contributed by atoms with Gasteiger partial charge >= 0.3 is 0 Å². The van der Waals surface area contributed by atoms with E-state index >= 15 is 0 Å². The molecule has 1 aromatic rings. The van der Waals surface area contributed by atoms with Crippen LogP contribution in [-0.4, -0.2) is 50.0 Å². The highest BCUT2D eigenvalue weighted by molar-refractivity contribution is 5.82. The SMILES string of the molecule is CC(C)NC(=O)C1CN(C(=O)C2CC(F)(F)C2)Cc2ncnn2C1. The summed E-state index contributed by atoms with van der Waals surface area (Å²) in [4.78, 5) is 30.5. The molecule has 1 aliphatic carbocycles. The lowest BCUT2D eigenvalue weighted by atomic mass is 9.80. The smallest absolute Gasteiger partial charge is 0.249 e. The second kappa shape index (κ2) is 6.10. The Morgan fingerprint density at radius 1 is 1.29 bits per heavy atom. The third kappa shape index (κ3) is 3.39. The molecule has 0 aromatic carbocycles. The lowest BCUT2D eigenvalue weighted by molar-refractivity contribution is -0.161. The summed E-state index contributed by atoms with van der Waals surface area (Å²) in [5.41, 5.74) is 0. The number of carbonyl (C=O) groups excluding carboxylic acids is 2. The molecule has 1 aliphatic heterocycles. The molecular weight excluding hydrogens is 320 g/mol. The quantitative estimate of drug-likeness (QED) is 0.882. The number of nitrogens with zero attached hydrogens (tertiary/aromatic N) is 4. The maximum atomic E-state index is 13.1. The normalized spacial score (nSPS) is 23.4. The average molecular weight is 341 g/mol. The highest BCUT2D eigenvalue weighted by atomic mass is 19.3. The van der Waals surface area contributed by atoms with Gasteiger partial charge in [0, 0.05) is 31.3 Å². The van der Waals surface area contributed by atoms with Gasteiger partial charge in [0.25, 0.3) is 0 Å². The van der Waals surface area contributed by atoms with E-state index in [1.807, 2.05) is 13.8 Å². The number of hydrogen-bond donors (Lipinski definition) is 1. The van der Waals surface area contributed by atoms with E-state index in [9.17, 15) is 18.4 Å². The summed E-state index contributed by atoms with van der Waals surface area (Å²) in [7, 11) is 0. The van der Waals surface area contributed by atoms with Crippen LogP contribution in [0.2, 0.25) is 0 Å². The molecule has 132 valence electrons. The minimum absolute atomic E-state index is 0.0227. The number of aromatic nitrogens is 3. The van der Waals surface area contributed by atoms with E-state index < -0.39 is 30.6 Å². The van der Waals surface area contributed by atoms with Crippen LogP contribution in [0.4, 0.5) is 8.78 Å². The van der Waals surface area contributed by atoms with Gasteiger partial charge in [-0.25, -0.2) is 18.4 Å². The maximum Gasteiger partial charge on any atom is 0.249 e. The van der Waals surface area contributed by atoms with Crippen molar-refractivity contribution in [1.29, 1.82) is 0 Å². The summed E-state index contributed by atoms with van der Waals surface area (Å²) in [6, 6.07) is -0.0227. The second-order valence-corrected chi connectivity index (χ2v) is 6.90. The van der Waals surface area contributed by atoms with E-state index in [0.29, 0.717) is 12.4 Å². The first-order chi connectivity index (χ1) is 11.2. The first-order valence-electron chi connectivity index (χ1n) is 8.09. The fourth-order valence-electron chi connectivity index (χ4n) is 3.16. The van der Waals surface area contributed by atoms with E-state index in [1.54, 1.807) is 4.68 Å². The molecule has 2 heterocycles. The Balaban J connectivity index is 1.76. The Labute approximate surface area is 138 Å². The number of carbonyl (C=O) groups is 2. The van der Waals surface area contributed by atoms with Crippen LogP contribution in [0.15, 0.2) is 6.33 Å². The summed E-state index contributed by atoms with van der Waals surface area (Å²) in [5.74, 6) is -3.86.